The van der Waals surface area contributed by atoms with E-state index in [1.807, 2.05) is 18.2 Å². The van der Waals surface area contributed by atoms with Crippen LogP contribution in [0.15, 0.2) is 70.7 Å². The first-order chi connectivity index (χ1) is 20.7. The number of amides is 1. The molecule has 10 heteroatoms. The summed E-state index contributed by atoms with van der Waals surface area (Å²) in [6.45, 7) is 1.33. The number of ketones is 1. The normalized spacial score (nSPS) is 21.5. The van der Waals surface area contributed by atoms with Crippen molar-refractivity contribution in [2.24, 2.45) is 5.92 Å². The van der Waals surface area contributed by atoms with E-state index in [0.29, 0.717) is 42.8 Å². The average Bonchev–Trinajstić information content (AvgIpc) is 3.45. The first-order valence-electron chi connectivity index (χ1n) is 14.9. The number of hydrogen-bond donors (Lipinski definition) is 1. The quantitative estimate of drug-likeness (QED) is 0.317. The fourth-order valence-electron chi connectivity index (χ4n) is 6.14. The van der Waals surface area contributed by atoms with Crippen molar-refractivity contribution in [3.05, 3.63) is 77.7 Å². The molecule has 1 amide bonds. The van der Waals surface area contributed by atoms with E-state index in [1.54, 1.807) is 18.2 Å². The molecule has 3 aromatic rings. The Labute approximate surface area is 247 Å². The zero-order valence-electron chi connectivity index (χ0n) is 23.7. The Morgan fingerprint density at radius 1 is 0.953 bits per heavy atom. The van der Waals surface area contributed by atoms with Gasteiger partial charge in [-0.1, -0.05) is 18.2 Å². The second-order valence-electron chi connectivity index (χ2n) is 11.5. The first-order valence-corrected chi connectivity index (χ1v) is 14.9. The number of anilines is 1. The molecule has 0 radical (unpaired) electrons. The molecule has 1 saturated heterocycles. The van der Waals surface area contributed by atoms with E-state index in [-0.39, 0.29) is 35.6 Å². The minimum atomic E-state index is -4.35. The van der Waals surface area contributed by atoms with Crippen LogP contribution in [0.5, 0.6) is 5.75 Å². The number of allylic oxidation sites excluding steroid dienone is 4. The highest BCUT2D eigenvalue weighted by Crippen LogP contribution is 2.32. The van der Waals surface area contributed by atoms with Crippen molar-refractivity contribution in [1.82, 2.24) is 10.3 Å². The molecule has 43 heavy (non-hydrogen) atoms. The molecule has 1 saturated carbocycles. The Morgan fingerprint density at radius 3 is 2.37 bits per heavy atom. The van der Waals surface area contributed by atoms with Gasteiger partial charge in [0.25, 0.3) is 5.89 Å². The maximum absolute atomic E-state index is 12.9. The van der Waals surface area contributed by atoms with Gasteiger partial charge in [0.05, 0.1) is 5.56 Å². The molecule has 1 aromatic heterocycles. The molecule has 2 aromatic carbocycles. The predicted molar refractivity (Wildman–Crippen MR) is 156 cm³/mol. The number of carbonyl (C=O) groups excluding carboxylic acids is 2. The van der Waals surface area contributed by atoms with Crippen LogP contribution >= 0.6 is 0 Å². The van der Waals surface area contributed by atoms with Crippen LogP contribution in [-0.4, -0.2) is 41.9 Å². The highest BCUT2D eigenvalue weighted by Gasteiger charge is 2.31. The fraction of sp³-hybridized carbons (Fsp3) is 0.424. The van der Waals surface area contributed by atoms with E-state index >= 15 is 0 Å². The second kappa shape index (κ2) is 12.3. The van der Waals surface area contributed by atoms with Crippen molar-refractivity contribution in [1.29, 1.82) is 0 Å². The number of hydrogen-bond acceptors (Lipinski definition) is 6. The largest absolute Gasteiger partial charge is 0.490 e. The van der Waals surface area contributed by atoms with Gasteiger partial charge in [0.1, 0.15) is 17.4 Å². The van der Waals surface area contributed by atoms with Crippen molar-refractivity contribution >= 4 is 28.5 Å². The molecule has 0 spiro atoms. The summed E-state index contributed by atoms with van der Waals surface area (Å²) in [6, 6.07) is 10.5. The third-order valence-electron chi connectivity index (χ3n) is 8.57. The van der Waals surface area contributed by atoms with Crippen LogP contribution in [-0.2, 0) is 11.0 Å². The highest BCUT2D eigenvalue weighted by molar-refractivity contribution is 6.00. The molecule has 2 heterocycles. The summed E-state index contributed by atoms with van der Waals surface area (Å²) in [6.07, 6.45) is 7.87. The Balaban J connectivity index is 0.993. The highest BCUT2D eigenvalue weighted by atomic mass is 19.4. The number of aromatic nitrogens is 1. The minimum absolute atomic E-state index is 0.00181. The Hall–Kier alpha value is -4.08. The van der Waals surface area contributed by atoms with Gasteiger partial charge in [-0.2, -0.15) is 13.2 Å². The number of alkyl halides is 3. The molecule has 2 fully saturated rings. The van der Waals surface area contributed by atoms with E-state index < -0.39 is 11.7 Å². The Morgan fingerprint density at radius 2 is 1.70 bits per heavy atom. The first kappa shape index (κ1) is 29.0. The third-order valence-corrected chi connectivity index (χ3v) is 8.57. The monoisotopic (exact) mass is 593 g/mol. The van der Waals surface area contributed by atoms with Crippen molar-refractivity contribution < 1.29 is 31.9 Å². The maximum Gasteiger partial charge on any atom is 0.416 e. The number of oxazole rings is 1. The molecular weight excluding hydrogens is 559 g/mol. The zero-order valence-corrected chi connectivity index (χ0v) is 23.7. The molecule has 0 bridgehead atoms. The maximum atomic E-state index is 12.9. The Bertz CT molecular complexity index is 1530. The predicted octanol–water partition coefficient (Wildman–Crippen LogP) is 7.03. The van der Waals surface area contributed by atoms with E-state index in [9.17, 15) is 22.8 Å². The zero-order chi connectivity index (χ0) is 30.0. The van der Waals surface area contributed by atoms with Crippen molar-refractivity contribution in [3.8, 4) is 5.75 Å². The number of Topliss-reactive ketones (excluding diaryl/α,β-unsaturated/α-hetero) is 1. The molecule has 1 N–H and O–H groups in total. The van der Waals surface area contributed by atoms with Crippen molar-refractivity contribution in [2.75, 3.05) is 18.0 Å². The third kappa shape index (κ3) is 6.78. The van der Waals surface area contributed by atoms with Gasteiger partial charge in [0, 0.05) is 55.2 Å². The van der Waals surface area contributed by atoms with Crippen molar-refractivity contribution in [3.63, 3.8) is 0 Å². The number of rotatable bonds is 7. The number of nitrogens with zero attached hydrogens (tertiary/aromatic N) is 2. The number of piperidine rings is 1. The summed E-state index contributed by atoms with van der Waals surface area (Å²) in [5.41, 5.74) is 1.93. The van der Waals surface area contributed by atoms with Crippen LogP contribution in [0.1, 0.15) is 67.6 Å². The number of carbonyl (C=O) groups is 2. The van der Waals surface area contributed by atoms with Gasteiger partial charge in [-0.3, -0.25) is 9.59 Å². The van der Waals surface area contributed by atoms with E-state index in [4.69, 9.17) is 9.15 Å². The SMILES string of the molecule is O=C(NC1CCC(C(=O)C2=CCCC=C2)CC1)c1nc2ccc(OC3CCN(c4ccc(C(F)(F)F)cc4)CC3)cc2o1. The number of nitrogens with one attached hydrogen (secondary N) is 1. The lowest BCUT2D eigenvalue weighted by molar-refractivity contribution is -0.137. The van der Waals surface area contributed by atoms with Gasteiger partial charge >= 0.3 is 12.1 Å². The van der Waals surface area contributed by atoms with Crippen LogP contribution in [0.4, 0.5) is 18.9 Å². The lowest BCUT2D eigenvalue weighted by Gasteiger charge is -2.33. The lowest BCUT2D eigenvalue weighted by atomic mass is 9.80. The number of halogens is 3. The van der Waals surface area contributed by atoms with E-state index in [1.165, 1.54) is 12.1 Å². The van der Waals surface area contributed by atoms with Gasteiger partial charge < -0.3 is 19.4 Å². The van der Waals surface area contributed by atoms with Crippen LogP contribution < -0.4 is 15.0 Å². The standard InChI is InChI=1S/C33H34F3N3O4/c34-33(35,36)23-8-12-25(13-9-23)39-18-16-26(17-19-39)42-27-14-15-28-29(20-27)43-32(38-28)31(41)37-24-10-6-22(7-11-24)30(40)21-4-2-1-3-5-21/h2,4-5,8-9,12-15,20,22,24,26H,1,3,6-7,10-11,16-19H2,(H,37,41). The summed E-state index contributed by atoms with van der Waals surface area (Å²) in [7, 11) is 0. The summed E-state index contributed by atoms with van der Waals surface area (Å²) < 4.78 is 50.6. The smallest absolute Gasteiger partial charge is 0.416 e. The second-order valence-corrected chi connectivity index (χ2v) is 11.5. The topological polar surface area (TPSA) is 84.7 Å². The molecule has 2 aliphatic carbocycles. The Kier molecular flexibility index (Phi) is 8.27. The van der Waals surface area contributed by atoms with Gasteiger partial charge in [-0.05, 0) is 74.9 Å². The summed E-state index contributed by atoms with van der Waals surface area (Å²) in [4.78, 5) is 32.1. The summed E-state index contributed by atoms with van der Waals surface area (Å²) in [5, 5.41) is 3.02. The number of benzene rings is 2. The van der Waals surface area contributed by atoms with Gasteiger partial charge in [0.2, 0.25) is 0 Å². The lowest BCUT2D eigenvalue weighted by Crippen LogP contribution is -2.39. The molecule has 0 unspecified atom stereocenters. The molecule has 3 aliphatic rings. The molecule has 226 valence electrons. The van der Waals surface area contributed by atoms with E-state index in [0.717, 1.165) is 61.9 Å². The van der Waals surface area contributed by atoms with Crippen LogP contribution in [0.3, 0.4) is 0 Å². The number of fused-ring (bicyclic) bond motifs is 1. The van der Waals surface area contributed by atoms with Gasteiger partial charge in [-0.15, -0.1) is 0 Å². The summed E-state index contributed by atoms with van der Waals surface area (Å²) in [5.74, 6) is 0.438. The fourth-order valence-corrected chi connectivity index (χ4v) is 6.14. The van der Waals surface area contributed by atoms with Crippen LogP contribution in [0.25, 0.3) is 11.1 Å². The molecule has 1 aliphatic heterocycles. The molecular formula is C33H34F3N3O4. The van der Waals surface area contributed by atoms with Crippen LogP contribution in [0, 0.1) is 5.92 Å². The van der Waals surface area contributed by atoms with Crippen molar-refractivity contribution in [2.45, 2.75) is 69.7 Å². The van der Waals surface area contributed by atoms with Crippen LogP contribution in [0.2, 0.25) is 0 Å². The van der Waals surface area contributed by atoms with Gasteiger partial charge in [0.15, 0.2) is 11.4 Å². The van der Waals surface area contributed by atoms with Gasteiger partial charge in [-0.25, -0.2) is 4.98 Å². The average molecular weight is 594 g/mol. The van der Waals surface area contributed by atoms with E-state index in [2.05, 4.69) is 15.2 Å². The molecule has 0 atom stereocenters. The minimum Gasteiger partial charge on any atom is -0.490 e. The molecule has 7 nitrogen and oxygen atoms in total. The molecule has 6 rings (SSSR count). The summed E-state index contributed by atoms with van der Waals surface area (Å²) >= 11 is 0. The number of ether oxygens (including phenoxy) is 1.